The van der Waals surface area contributed by atoms with Crippen molar-refractivity contribution in [2.75, 3.05) is 17.6 Å². The van der Waals surface area contributed by atoms with Gasteiger partial charge in [0.05, 0.1) is 18.3 Å². The molecule has 0 radical (unpaired) electrons. The fraction of sp³-hybridized carbons (Fsp3) is 0.571. The van der Waals surface area contributed by atoms with E-state index in [1.807, 2.05) is 0 Å². The van der Waals surface area contributed by atoms with Gasteiger partial charge in [-0.2, -0.15) is 0 Å². The number of halogens is 4. The Morgan fingerprint density at radius 2 is 1.95 bits per heavy atom. The second kappa shape index (κ2) is 8.59. The highest BCUT2D eigenvalue weighted by Crippen LogP contribution is 2.73. The van der Waals surface area contributed by atoms with E-state index in [4.69, 9.17) is 16.4 Å². The van der Waals surface area contributed by atoms with Crippen molar-refractivity contribution in [3.05, 3.63) is 53.1 Å². The molecule has 1 N–H and O–H groups in total. The van der Waals surface area contributed by atoms with E-state index in [9.17, 15) is 19.1 Å². The Kier molecular flexibility index (Phi) is 5.97. The predicted octanol–water partition coefficient (Wildman–Crippen LogP) is 5.56. The normalized spacial score (nSPS) is 45.2. The molecule has 5 nitrogen and oxygen atoms in total. The zero-order valence-corrected chi connectivity index (χ0v) is 22.6. The van der Waals surface area contributed by atoms with Gasteiger partial charge in [-0.25, -0.2) is 13.2 Å². The van der Waals surface area contributed by atoms with Crippen LogP contribution in [0.4, 0.5) is 18.9 Å². The van der Waals surface area contributed by atoms with Crippen LogP contribution in [0.3, 0.4) is 0 Å². The molecule has 1 aromatic carbocycles. The highest BCUT2D eigenvalue weighted by Gasteiger charge is 2.79. The largest absolute Gasteiger partial charge is 0.390 e. The summed E-state index contributed by atoms with van der Waals surface area (Å²) in [5.74, 6) is -2.29. The van der Waals surface area contributed by atoms with E-state index < -0.39 is 69.0 Å². The summed E-state index contributed by atoms with van der Waals surface area (Å²) < 4.78 is 46.7. The molecular weight excluding hydrogens is 539 g/mol. The number of benzene rings is 1. The van der Waals surface area contributed by atoms with Gasteiger partial charge in [0.2, 0.25) is 5.12 Å². The number of aliphatic hydroxyl groups is 1. The van der Waals surface area contributed by atoms with E-state index in [-0.39, 0.29) is 18.4 Å². The number of ketones is 1. The number of rotatable bonds is 3. The van der Waals surface area contributed by atoms with Gasteiger partial charge in [-0.15, -0.1) is 0 Å². The van der Waals surface area contributed by atoms with Gasteiger partial charge in [-0.3, -0.25) is 19.5 Å². The molecule has 9 atom stereocenters. The van der Waals surface area contributed by atoms with Crippen LogP contribution in [0.2, 0.25) is 5.02 Å². The Hall–Kier alpha value is -1.81. The van der Waals surface area contributed by atoms with Crippen molar-refractivity contribution >= 4 is 39.9 Å². The van der Waals surface area contributed by atoms with Crippen LogP contribution in [0.15, 0.2) is 48.1 Å². The third-order valence-electron chi connectivity index (χ3n) is 10.2. The first-order valence-corrected chi connectivity index (χ1v) is 14.2. The number of carbonyl (C=O) groups excluding carboxylic acids is 2. The fourth-order valence-corrected chi connectivity index (χ4v) is 9.38. The summed E-state index contributed by atoms with van der Waals surface area (Å²) in [6.07, 6.45) is 0.647. The third-order valence-corrected chi connectivity index (χ3v) is 11.2. The van der Waals surface area contributed by atoms with Crippen LogP contribution in [-0.2, 0) is 14.4 Å². The smallest absolute Gasteiger partial charge is 0.226 e. The summed E-state index contributed by atoms with van der Waals surface area (Å²) in [5, 5.41) is 13.2. The van der Waals surface area contributed by atoms with Crippen molar-refractivity contribution in [2.45, 2.75) is 56.7 Å². The van der Waals surface area contributed by atoms with Crippen molar-refractivity contribution in [2.24, 2.45) is 28.6 Å². The second-order valence-electron chi connectivity index (χ2n) is 11.7. The summed E-state index contributed by atoms with van der Waals surface area (Å²) in [6, 6.07) is 5.96. The number of carbonyl (C=O) groups is 2. The molecule has 1 saturated heterocycles. The van der Waals surface area contributed by atoms with Gasteiger partial charge in [0.25, 0.3) is 0 Å². The Bertz CT molecular complexity index is 1260. The monoisotopic (exact) mass is 567 g/mol. The zero-order chi connectivity index (χ0) is 27.3. The average Bonchev–Trinajstić information content (AvgIpc) is 3.37. The third kappa shape index (κ3) is 3.16. The molecule has 10 heteroatoms. The van der Waals surface area contributed by atoms with E-state index in [0.29, 0.717) is 35.4 Å². The summed E-state index contributed by atoms with van der Waals surface area (Å²) in [5.41, 5.74) is -5.68. The lowest BCUT2D eigenvalue weighted by atomic mass is 9.44. The van der Waals surface area contributed by atoms with Crippen LogP contribution in [0, 0.1) is 28.6 Å². The first-order valence-electron chi connectivity index (χ1n) is 12.8. The molecule has 38 heavy (non-hydrogen) atoms. The Labute approximate surface area is 228 Å². The molecule has 0 bridgehead atoms. The number of anilines is 1. The van der Waals surface area contributed by atoms with Crippen molar-refractivity contribution in [1.82, 2.24) is 0 Å². The number of thioether (sulfide) groups is 1. The molecule has 204 valence electrons. The van der Waals surface area contributed by atoms with Crippen molar-refractivity contribution < 1.29 is 32.7 Å². The van der Waals surface area contributed by atoms with Crippen LogP contribution in [-0.4, -0.2) is 52.1 Å². The number of aliphatic hydroxyl groups excluding tert-OH is 1. The maximum Gasteiger partial charge on any atom is 0.226 e. The van der Waals surface area contributed by atoms with Crippen LogP contribution in [0.1, 0.15) is 33.1 Å². The van der Waals surface area contributed by atoms with Gasteiger partial charge >= 0.3 is 0 Å². The fourth-order valence-electron chi connectivity index (χ4n) is 8.51. The molecular formula is C28H29ClF3NO4S. The van der Waals surface area contributed by atoms with E-state index >= 15 is 8.78 Å². The lowest BCUT2D eigenvalue weighted by Crippen LogP contribution is -2.70. The molecule has 3 saturated carbocycles. The number of nitrogens with zero attached hydrogens (tertiary/aromatic N) is 1. The van der Waals surface area contributed by atoms with Crippen LogP contribution >= 0.6 is 23.4 Å². The van der Waals surface area contributed by atoms with Gasteiger partial charge in [0, 0.05) is 27.7 Å². The quantitative estimate of drug-likeness (QED) is 0.516. The Balaban J connectivity index is 1.44. The van der Waals surface area contributed by atoms with Crippen molar-refractivity contribution in [1.29, 1.82) is 0 Å². The van der Waals surface area contributed by atoms with Crippen molar-refractivity contribution in [3.8, 4) is 0 Å². The summed E-state index contributed by atoms with van der Waals surface area (Å²) in [7, 11) is 0. The van der Waals surface area contributed by atoms with Gasteiger partial charge in [0.1, 0.15) is 12.2 Å². The lowest BCUT2D eigenvalue weighted by Gasteiger charge is -2.63. The van der Waals surface area contributed by atoms with E-state index in [1.54, 1.807) is 43.2 Å². The first-order chi connectivity index (χ1) is 17.9. The van der Waals surface area contributed by atoms with Crippen LogP contribution < -0.4 is 5.06 Å². The molecule has 1 heterocycles. The molecule has 5 aliphatic rings. The minimum absolute atomic E-state index is 0.0496. The number of fused-ring (bicyclic) bond motifs is 7. The van der Waals surface area contributed by atoms with Crippen LogP contribution in [0.25, 0.3) is 0 Å². The van der Waals surface area contributed by atoms with Gasteiger partial charge in [-0.1, -0.05) is 36.4 Å². The molecule has 1 aromatic rings. The molecule has 1 aliphatic heterocycles. The summed E-state index contributed by atoms with van der Waals surface area (Å²) >= 11 is 6.55. The van der Waals surface area contributed by atoms with Crippen LogP contribution in [0.5, 0.6) is 0 Å². The standard InChI is InChI=1S/C28H29ClF3NO4S/c1-25-8-7-18(34)10-21(25)22(31)11-20-19-9-15-13-33(17-5-3-16(29)4-6-17)37-28(15,24(36)38-14-30)26(19,2)12-23(35)27(20,25)32/h3-8,10,15,19-20,22-23,35H,9,11-14H2,1-2H3/t15-,19?,20-,22-,23-,25-,26-,27-,28-/m0/s1. The maximum atomic E-state index is 17.4. The van der Waals surface area contributed by atoms with E-state index in [2.05, 4.69) is 0 Å². The van der Waals surface area contributed by atoms with E-state index in [1.165, 1.54) is 12.2 Å². The summed E-state index contributed by atoms with van der Waals surface area (Å²) in [4.78, 5) is 32.2. The lowest BCUT2D eigenvalue weighted by molar-refractivity contribution is -0.225. The SMILES string of the molecule is C[C@]12C=CC(=O)C=C1[C@@H](F)C[C@H]1C3C[C@H]4CN(c5ccc(Cl)cc5)O[C@@]4(C(=O)SCF)[C@@]3(C)C[C@H](O)[C@@]12F. The number of hydroxylamine groups is 1. The highest BCUT2D eigenvalue weighted by atomic mass is 35.5. The Morgan fingerprint density at radius 3 is 2.63 bits per heavy atom. The molecule has 0 spiro atoms. The minimum Gasteiger partial charge on any atom is -0.390 e. The van der Waals surface area contributed by atoms with E-state index in [0.717, 1.165) is 6.08 Å². The number of allylic oxidation sites excluding steroid dienone is 4. The average molecular weight is 568 g/mol. The second-order valence-corrected chi connectivity index (χ2v) is 13.0. The van der Waals surface area contributed by atoms with Crippen molar-refractivity contribution in [3.63, 3.8) is 0 Å². The molecule has 6 rings (SSSR count). The predicted molar refractivity (Wildman–Crippen MR) is 139 cm³/mol. The maximum absolute atomic E-state index is 17.4. The number of hydrogen-bond acceptors (Lipinski definition) is 6. The minimum atomic E-state index is -2.26. The molecule has 1 unspecified atom stereocenters. The number of alkyl halides is 3. The molecule has 4 fully saturated rings. The molecule has 0 aromatic heterocycles. The molecule has 4 aliphatic carbocycles. The van der Waals surface area contributed by atoms with Gasteiger partial charge in [-0.05, 0) is 74.1 Å². The first kappa shape index (κ1) is 26.4. The molecule has 0 amide bonds. The van der Waals surface area contributed by atoms with Gasteiger partial charge in [0.15, 0.2) is 17.1 Å². The number of hydrogen-bond donors (Lipinski definition) is 1. The topological polar surface area (TPSA) is 66.8 Å². The highest BCUT2D eigenvalue weighted by molar-refractivity contribution is 8.13. The zero-order valence-electron chi connectivity index (χ0n) is 21.0. The summed E-state index contributed by atoms with van der Waals surface area (Å²) in [6.45, 7) is 3.63. The Morgan fingerprint density at radius 1 is 1.24 bits per heavy atom. The van der Waals surface area contributed by atoms with Gasteiger partial charge < -0.3 is 5.11 Å².